The van der Waals surface area contributed by atoms with Crippen molar-refractivity contribution in [2.24, 2.45) is 5.92 Å². The maximum atomic E-state index is 15.0. The zero-order valence-electron chi connectivity index (χ0n) is 39.3. The molecule has 0 spiro atoms. The first kappa shape index (κ1) is 55.5. The van der Waals surface area contributed by atoms with Crippen molar-refractivity contribution < 1.29 is 89.1 Å². The Hall–Kier alpha value is -5.47. The Kier molecular flexibility index (Phi) is 20.3. The van der Waals surface area contributed by atoms with Gasteiger partial charge in [-0.1, -0.05) is 13.0 Å². The number of benzene rings is 3. The summed E-state index contributed by atoms with van der Waals surface area (Å²) in [6, 6.07) is 18.7. The first-order valence-electron chi connectivity index (χ1n) is 22.1. The molecule has 70 heavy (non-hydrogen) atoms. The van der Waals surface area contributed by atoms with Gasteiger partial charge in [0.1, 0.15) is 48.1 Å². The second-order valence-corrected chi connectivity index (χ2v) is 17.2. The van der Waals surface area contributed by atoms with Crippen molar-refractivity contribution in [3.63, 3.8) is 0 Å². The van der Waals surface area contributed by atoms with Gasteiger partial charge in [0.2, 0.25) is 16.7 Å². The van der Waals surface area contributed by atoms with Gasteiger partial charge in [-0.3, -0.25) is 9.35 Å². The number of hydrogen-bond acceptors (Lipinski definition) is 17. The number of halogens is 2. The van der Waals surface area contributed by atoms with E-state index in [1.54, 1.807) is 25.0 Å². The SMILES string of the molecule is O=S(=O)([O-])O.[CH2-]CCC(OC(=O)CNC)OC(=O)OC(C)[C@H](CC)n1ncn(-c2ccc(N3CCN(c4ccc(OC[C@@H]5CO[C@@](Cn6cncn6)(c6ccc(F)cc6F)C5)cc4)CC3)cc2)c1=O.[Na+]. The molecule has 2 fully saturated rings. The smallest absolute Gasteiger partial charge is 0.726 e. The number of rotatable bonds is 19. The molecule has 7 rings (SSSR count). The second-order valence-electron chi connectivity index (χ2n) is 16.3. The molecule has 0 amide bonds. The van der Waals surface area contributed by atoms with Crippen LogP contribution in [0.25, 0.3) is 5.69 Å². The molecule has 0 saturated carbocycles. The number of nitrogens with zero attached hydrogens (tertiary/aromatic N) is 8. The first-order valence-corrected chi connectivity index (χ1v) is 23.5. The number of ether oxygens (including phenoxy) is 5. The number of anilines is 2. The molecular formula is C45H55F2N9NaO12S-. The molecule has 2 aliphatic rings. The van der Waals surface area contributed by atoms with E-state index < -0.39 is 63.9 Å². The van der Waals surface area contributed by atoms with Gasteiger partial charge in [-0.15, -0.1) is 0 Å². The van der Waals surface area contributed by atoms with E-state index in [0.29, 0.717) is 43.9 Å². The first-order chi connectivity index (χ1) is 33.0. The molecule has 5 atom stereocenters. The Balaban J connectivity index is 0.00000145. The van der Waals surface area contributed by atoms with Crippen LogP contribution in [-0.2, 0) is 46.3 Å². The van der Waals surface area contributed by atoms with Gasteiger partial charge in [0.05, 0.1) is 38.0 Å². The molecule has 2 aromatic heterocycles. The third-order valence-electron chi connectivity index (χ3n) is 11.5. The maximum absolute atomic E-state index is 15.0. The fourth-order valence-electron chi connectivity index (χ4n) is 8.23. The quantitative estimate of drug-likeness (QED) is 0.0297. The van der Waals surface area contributed by atoms with Crippen LogP contribution in [-0.4, -0.2) is 124 Å². The number of piperazine rings is 1. The minimum atomic E-state index is -4.92. The Labute approximate surface area is 425 Å². The van der Waals surface area contributed by atoms with Crippen molar-refractivity contribution in [2.75, 3.05) is 62.8 Å². The standard InChI is InChI=1S/C45H54F2N9O8.Na.H2O4S/c1-5-7-42(63-41(57)24-48-4)64-44(59)62-31(3)40(6-2)56-43(58)55(30-51-56)36-11-9-34(10-12-36)52-18-20-53(21-19-52)35-13-15-37(16-14-35)60-25-32-23-45(61-26-32,27-54-29-49-28-50-54)38-17-8-33(46)22-39(38)47;;1-5(2,3)4/h8-17,22,28-32,40,42,48H,1,5-7,18-21,23-27H2,2-4H3;;(H2,1,2,3,4)/q-1;+1;/p-1/t31?,32-,40+,42?,45+;;/m1../s1. The predicted octanol–water partition coefficient (Wildman–Crippen LogP) is 1.45. The van der Waals surface area contributed by atoms with E-state index in [9.17, 15) is 18.8 Å². The van der Waals surface area contributed by atoms with Gasteiger partial charge < -0.3 is 50.3 Å². The summed E-state index contributed by atoms with van der Waals surface area (Å²) in [6.45, 7) is 11.3. The number of hydrogen-bond donors (Lipinski definition) is 2. The van der Waals surface area contributed by atoms with E-state index in [0.717, 1.165) is 43.6 Å². The molecule has 3 aromatic carbocycles. The number of nitrogens with one attached hydrogen (secondary N) is 1. The van der Waals surface area contributed by atoms with Gasteiger partial charge in [0, 0.05) is 55.1 Å². The van der Waals surface area contributed by atoms with E-state index in [1.165, 1.54) is 34.0 Å². The summed E-state index contributed by atoms with van der Waals surface area (Å²) < 4.78 is 94.4. The minimum Gasteiger partial charge on any atom is -0.726 e. The largest absolute Gasteiger partial charge is 1.00 e. The van der Waals surface area contributed by atoms with Gasteiger partial charge in [-0.05, 0) is 87.8 Å². The van der Waals surface area contributed by atoms with E-state index in [-0.39, 0.29) is 60.5 Å². The summed E-state index contributed by atoms with van der Waals surface area (Å²) in [4.78, 5) is 46.7. The average Bonchev–Trinajstić information content (AvgIpc) is 4.07. The molecule has 0 radical (unpaired) electrons. The summed E-state index contributed by atoms with van der Waals surface area (Å²) in [5, 5.41) is 11.2. The number of aromatic nitrogens is 6. The van der Waals surface area contributed by atoms with Gasteiger partial charge >= 0.3 is 47.4 Å². The zero-order valence-corrected chi connectivity index (χ0v) is 42.1. The van der Waals surface area contributed by atoms with E-state index in [2.05, 4.69) is 37.2 Å². The van der Waals surface area contributed by atoms with Crippen LogP contribution in [0.2, 0.25) is 0 Å². The van der Waals surface area contributed by atoms with Crippen LogP contribution in [0.4, 0.5) is 25.0 Å². The second kappa shape index (κ2) is 25.6. The molecule has 21 nitrogen and oxygen atoms in total. The maximum Gasteiger partial charge on any atom is 1.00 e. The number of carbonyl (C=O) groups excluding carboxylic acids is 2. The normalized spacial score (nSPS) is 18.1. The van der Waals surface area contributed by atoms with Crippen LogP contribution in [0.3, 0.4) is 0 Å². The number of esters is 1. The topological polar surface area (TPSA) is 247 Å². The Morgan fingerprint density at radius 3 is 2.17 bits per heavy atom. The Morgan fingerprint density at radius 1 is 0.971 bits per heavy atom. The van der Waals surface area contributed by atoms with Crippen molar-refractivity contribution >= 4 is 33.9 Å². The molecular weight excluding hydrogens is 952 g/mol. The van der Waals surface area contributed by atoms with Crippen molar-refractivity contribution in [3.05, 3.63) is 120 Å². The molecule has 0 aliphatic carbocycles. The van der Waals surface area contributed by atoms with E-state index in [4.69, 9.17) is 41.2 Å². The Morgan fingerprint density at radius 2 is 1.60 bits per heavy atom. The molecule has 25 heteroatoms. The fourth-order valence-corrected chi connectivity index (χ4v) is 8.23. The minimum absolute atomic E-state index is 0. The molecule has 2 unspecified atom stereocenters. The third-order valence-corrected chi connectivity index (χ3v) is 11.5. The van der Waals surface area contributed by atoms with Crippen molar-refractivity contribution in [3.8, 4) is 11.4 Å². The zero-order chi connectivity index (χ0) is 49.7. The van der Waals surface area contributed by atoms with Crippen molar-refractivity contribution in [1.29, 1.82) is 0 Å². The van der Waals surface area contributed by atoms with Crippen molar-refractivity contribution in [1.82, 2.24) is 34.4 Å². The van der Waals surface area contributed by atoms with E-state index in [1.807, 2.05) is 55.5 Å². The molecule has 0 bridgehead atoms. The number of carbonyl (C=O) groups is 2. The average molecular weight is 1010 g/mol. The van der Waals surface area contributed by atoms with Crippen LogP contribution in [0.1, 0.15) is 51.1 Å². The molecule has 374 valence electrons. The number of likely N-dealkylation sites (N-methyl/N-ethyl adjacent to an activating group) is 1. The predicted molar refractivity (Wildman–Crippen MR) is 243 cm³/mol. The summed E-state index contributed by atoms with van der Waals surface area (Å²) in [6.07, 6.45) is 2.88. The van der Waals surface area contributed by atoms with Crippen LogP contribution in [0.15, 0.2) is 90.5 Å². The molecule has 4 heterocycles. The van der Waals surface area contributed by atoms with Gasteiger partial charge in [0.15, 0.2) is 0 Å². The molecule has 2 saturated heterocycles. The third kappa shape index (κ3) is 15.3. The van der Waals surface area contributed by atoms with Gasteiger partial charge in [0.25, 0.3) is 0 Å². The summed E-state index contributed by atoms with van der Waals surface area (Å²) in [5.41, 5.74) is 1.58. The van der Waals surface area contributed by atoms with Gasteiger partial charge in [-0.2, -0.15) is 16.6 Å². The van der Waals surface area contributed by atoms with Crippen molar-refractivity contribution in [2.45, 2.75) is 70.1 Å². The van der Waals surface area contributed by atoms with Crippen LogP contribution >= 0.6 is 0 Å². The molecule has 5 aromatic rings. The Bertz CT molecular complexity index is 2610. The molecule has 2 aliphatic heterocycles. The van der Waals surface area contributed by atoms with Crippen LogP contribution in [0.5, 0.6) is 5.75 Å². The van der Waals surface area contributed by atoms with E-state index >= 15 is 4.39 Å². The van der Waals surface area contributed by atoms with Gasteiger partial charge in [-0.25, -0.2) is 45.7 Å². The summed E-state index contributed by atoms with van der Waals surface area (Å²) in [5.74, 6) is -1.23. The fraction of sp³-hybridized carbons (Fsp3) is 0.444. The van der Waals surface area contributed by atoms with Crippen LogP contribution in [0, 0.1) is 24.5 Å². The summed E-state index contributed by atoms with van der Waals surface area (Å²) >= 11 is 0. The van der Waals surface area contributed by atoms with Crippen LogP contribution < -0.4 is 55.1 Å². The summed E-state index contributed by atoms with van der Waals surface area (Å²) in [7, 11) is -3.32. The molecule has 2 N–H and O–H groups in total. The monoisotopic (exact) mass is 1010 g/mol.